The number of nitrogens with one attached hydrogen (secondary N) is 1. The Bertz CT molecular complexity index is 626. The van der Waals surface area contributed by atoms with E-state index in [1.807, 2.05) is 31.2 Å². The molecule has 0 aromatic heterocycles. The van der Waals surface area contributed by atoms with E-state index in [9.17, 15) is 9.18 Å². The zero-order valence-corrected chi connectivity index (χ0v) is 13.3. The second-order valence-corrected chi connectivity index (χ2v) is 5.27. The molecule has 2 rings (SSSR count). The number of benzene rings is 2. The van der Waals surface area contributed by atoms with Crippen molar-refractivity contribution in [2.24, 2.45) is 0 Å². The Morgan fingerprint density at radius 1 is 1.09 bits per heavy atom. The van der Waals surface area contributed by atoms with E-state index in [1.54, 1.807) is 12.1 Å². The van der Waals surface area contributed by atoms with Crippen molar-refractivity contribution in [2.75, 3.05) is 13.2 Å². The van der Waals surface area contributed by atoms with Gasteiger partial charge in [-0.1, -0.05) is 30.3 Å². The Balaban J connectivity index is 1.74. The molecule has 3 nitrogen and oxygen atoms in total. The average molecular weight is 315 g/mol. The number of ether oxygens (including phenoxy) is 1. The van der Waals surface area contributed by atoms with E-state index in [-0.39, 0.29) is 11.7 Å². The average Bonchev–Trinajstić information content (AvgIpc) is 2.56. The van der Waals surface area contributed by atoms with Crippen molar-refractivity contribution in [2.45, 2.75) is 26.2 Å². The van der Waals surface area contributed by atoms with Gasteiger partial charge in [-0.15, -0.1) is 0 Å². The normalized spacial score (nSPS) is 10.3. The van der Waals surface area contributed by atoms with E-state index in [0.717, 1.165) is 16.9 Å². The second-order valence-electron chi connectivity index (χ2n) is 5.27. The highest BCUT2D eigenvalue weighted by atomic mass is 19.1. The van der Waals surface area contributed by atoms with Gasteiger partial charge in [0.25, 0.3) is 0 Å². The lowest BCUT2D eigenvalue weighted by Gasteiger charge is -2.10. The van der Waals surface area contributed by atoms with Gasteiger partial charge >= 0.3 is 0 Å². The van der Waals surface area contributed by atoms with Crippen molar-refractivity contribution in [1.29, 1.82) is 0 Å². The first-order valence-corrected chi connectivity index (χ1v) is 7.91. The number of aryl methyl sites for hydroxylation is 1. The maximum absolute atomic E-state index is 12.8. The van der Waals surface area contributed by atoms with Gasteiger partial charge in [-0.3, -0.25) is 4.79 Å². The van der Waals surface area contributed by atoms with E-state index >= 15 is 0 Å². The van der Waals surface area contributed by atoms with Gasteiger partial charge in [0.15, 0.2) is 0 Å². The molecular formula is C19H22FNO2. The minimum atomic E-state index is -0.245. The maximum Gasteiger partial charge on any atom is 0.220 e. The molecule has 0 fully saturated rings. The molecule has 2 aromatic rings. The van der Waals surface area contributed by atoms with Crippen molar-refractivity contribution in [3.63, 3.8) is 0 Å². The van der Waals surface area contributed by atoms with Crippen LogP contribution in [0.5, 0.6) is 5.75 Å². The van der Waals surface area contributed by atoms with Crippen molar-refractivity contribution in [1.82, 2.24) is 5.32 Å². The molecule has 0 unspecified atom stereocenters. The summed E-state index contributed by atoms with van der Waals surface area (Å²) in [6.07, 6.45) is 1.77. The summed E-state index contributed by atoms with van der Waals surface area (Å²) in [5, 5.41) is 2.89. The molecule has 2 aromatic carbocycles. The highest BCUT2D eigenvalue weighted by molar-refractivity contribution is 5.76. The Labute approximate surface area is 136 Å². The number of amides is 1. The predicted molar refractivity (Wildman–Crippen MR) is 89.0 cm³/mol. The van der Waals surface area contributed by atoms with Gasteiger partial charge in [-0.05, 0) is 49.1 Å². The fourth-order valence-electron chi connectivity index (χ4n) is 2.34. The molecule has 122 valence electrons. The van der Waals surface area contributed by atoms with Gasteiger partial charge < -0.3 is 10.1 Å². The standard InChI is InChI=1S/C19H22FNO2/c1-2-23-18-6-4-3-5-16(18)9-12-19(22)21-14-13-15-7-10-17(20)11-8-15/h3-8,10-11H,2,9,12-14H2,1H3,(H,21,22). The molecule has 1 N–H and O–H groups in total. The summed E-state index contributed by atoms with van der Waals surface area (Å²) in [6.45, 7) is 3.11. The number of carbonyl (C=O) groups excluding carboxylic acids is 1. The van der Waals surface area contributed by atoms with E-state index in [0.29, 0.717) is 32.4 Å². The van der Waals surface area contributed by atoms with Crippen molar-refractivity contribution in [3.8, 4) is 5.75 Å². The zero-order valence-electron chi connectivity index (χ0n) is 13.3. The molecule has 0 saturated heterocycles. The highest BCUT2D eigenvalue weighted by Gasteiger charge is 2.06. The first kappa shape index (κ1) is 17.0. The van der Waals surface area contributed by atoms with Gasteiger partial charge in [0.2, 0.25) is 5.91 Å². The molecule has 0 radical (unpaired) electrons. The molecule has 23 heavy (non-hydrogen) atoms. The monoisotopic (exact) mass is 315 g/mol. The fourth-order valence-corrected chi connectivity index (χ4v) is 2.34. The predicted octanol–water partition coefficient (Wildman–Crippen LogP) is 3.52. The number of hydrogen-bond donors (Lipinski definition) is 1. The van der Waals surface area contributed by atoms with Crippen molar-refractivity contribution >= 4 is 5.91 Å². The molecule has 0 aliphatic rings. The first-order chi connectivity index (χ1) is 11.2. The van der Waals surface area contributed by atoms with Crippen LogP contribution in [0.4, 0.5) is 4.39 Å². The van der Waals surface area contributed by atoms with E-state index in [2.05, 4.69) is 5.32 Å². The summed E-state index contributed by atoms with van der Waals surface area (Å²) in [7, 11) is 0. The smallest absolute Gasteiger partial charge is 0.220 e. The van der Waals surface area contributed by atoms with Gasteiger partial charge in [-0.2, -0.15) is 0 Å². The molecule has 0 heterocycles. The highest BCUT2D eigenvalue weighted by Crippen LogP contribution is 2.19. The van der Waals surface area contributed by atoms with Crippen LogP contribution in [-0.2, 0) is 17.6 Å². The van der Waals surface area contributed by atoms with Crippen LogP contribution in [0.3, 0.4) is 0 Å². The summed E-state index contributed by atoms with van der Waals surface area (Å²) in [4.78, 5) is 11.9. The van der Waals surface area contributed by atoms with Crippen molar-refractivity contribution < 1.29 is 13.9 Å². The van der Waals surface area contributed by atoms with Crippen LogP contribution in [0.1, 0.15) is 24.5 Å². The Morgan fingerprint density at radius 3 is 2.57 bits per heavy atom. The van der Waals surface area contributed by atoms with E-state index in [1.165, 1.54) is 12.1 Å². The van der Waals surface area contributed by atoms with Crippen LogP contribution in [0.25, 0.3) is 0 Å². The largest absolute Gasteiger partial charge is 0.494 e. The molecule has 0 atom stereocenters. The topological polar surface area (TPSA) is 38.3 Å². The summed E-state index contributed by atoms with van der Waals surface area (Å²) in [6, 6.07) is 14.1. The van der Waals surface area contributed by atoms with Crippen LogP contribution in [0.15, 0.2) is 48.5 Å². The zero-order chi connectivity index (χ0) is 16.5. The third-order valence-corrected chi connectivity index (χ3v) is 3.54. The van der Waals surface area contributed by atoms with E-state index < -0.39 is 0 Å². The van der Waals surface area contributed by atoms with Crippen LogP contribution >= 0.6 is 0 Å². The number of halogens is 1. The summed E-state index contributed by atoms with van der Waals surface area (Å²) >= 11 is 0. The molecule has 0 aliphatic heterocycles. The van der Waals surface area contributed by atoms with Gasteiger partial charge in [-0.25, -0.2) is 4.39 Å². The lowest BCUT2D eigenvalue weighted by Crippen LogP contribution is -2.25. The molecule has 0 bridgehead atoms. The van der Waals surface area contributed by atoms with Crippen molar-refractivity contribution in [3.05, 3.63) is 65.5 Å². The molecule has 0 aliphatic carbocycles. The maximum atomic E-state index is 12.8. The SMILES string of the molecule is CCOc1ccccc1CCC(=O)NCCc1ccc(F)cc1. The minimum Gasteiger partial charge on any atom is -0.494 e. The Kier molecular flexibility index (Phi) is 6.60. The number of rotatable bonds is 8. The van der Waals surface area contributed by atoms with Crippen LogP contribution in [-0.4, -0.2) is 19.1 Å². The van der Waals surface area contributed by atoms with Gasteiger partial charge in [0, 0.05) is 13.0 Å². The summed E-state index contributed by atoms with van der Waals surface area (Å²) in [5.41, 5.74) is 2.05. The molecular weight excluding hydrogens is 293 g/mol. The van der Waals surface area contributed by atoms with Crippen LogP contribution in [0, 0.1) is 5.82 Å². The number of para-hydroxylation sites is 1. The Hall–Kier alpha value is -2.36. The lowest BCUT2D eigenvalue weighted by molar-refractivity contribution is -0.121. The molecule has 4 heteroatoms. The fraction of sp³-hybridized carbons (Fsp3) is 0.316. The third kappa shape index (κ3) is 5.74. The second kappa shape index (κ2) is 8.93. The van der Waals surface area contributed by atoms with E-state index in [4.69, 9.17) is 4.74 Å². The minimum absolute atomic E-state index is 0.0124. The number of carbonyl (C=O) groups is 1. The number of hydrogen-bond acceptors (Lipinski definition) is 2. The third-order valence-electron chi connectivity index (χ3n) is 3.54. The molecule has 0 saturated carbocycles. The quantitative estimate of drug-likeness (QED) is 0.809. The summed E-state index contributed by atoms with van der Waals surface area (Å²) in [5.74, 6) is 0.610. The Morgan fingerprint density at radius 2 is 1.83 bits per heavy atom. The van der Waals surface area contributed by atoms with Crippen LogP contribution in [0.2, 0.25) is 0 Å². The van der Waals surface area contributed by atoms with Gasteiger partial charge in [0.1, 0.15) is 11.6 Å². The first-order valence-electron chi connectivity index (χ1n) is 7.91. The lowest BCUT2D eigenvalue weighted by atomic mass is 10.1. The molecule has 0 spiro atoms. The summed E-state index contributed by atoms with van der Waals surface area (Å²) < 4.78 is 18.4. The van der Waals surface area contributed by atoms with Gasteiger partial charge in [0.05, 0.1) is 6.61 Å². The van der Waals surface area contributed by atoms with Crippen LogP contribution < -0.4 is 10.1 Å². The molecule has 1 amide bonds.